The van der Waals surface area contributed by atoms with E-state index in [1.54, 1.807) is 0 Å². The zero-order chi connectivity index (χ0) is 12.4. The number of para-hydroxylation sites is 1. The van der Waals surface area contributed by atoms with Gasteiger partial charge in [0, 0.05) is 24.2 Å². The number of aliphatic hydroxyl groups is 1. The van der Waals surface area contributed by atoms with Crippen LogP contribution >= 0.6 is 0 Å². The van der Waals surface area contributed by atoms with Gasteiger partial charge in [0.25, 0.3) is 0 Å². The van der Waals surface area contributed by atoms with E-state index >= 15 is 0 Å². The van der Waals surface area contributed by atoms with Crippen LogP contribution in [0.2, 0.25) is 0 Å². The van der Waals surface area contributed by atoms with Crippen LogP contribution in [0.25, 0.3) is 0 Å². The first-order chi connectivity index (χ1) is 8.84. The van der Waals surface area contributed by atoms with Gasteiger partial charge in [-0.25, -0.2) is 0 Å². The molecule has 1 heterocycles. The molecule has 0 radical (unpaired) electrons. The molecule has 2 nitrogen and oxygen atoms in total. The van der Waals surface area contributed by atoms with E-state index in [2.05, 4.69) is 23.5 Å². The van der Waals surface area contributed by atoms with Crippen molar-refractivity contribution in [1.29, 1.82) is 0 Å². The first kappa shape index (κ1) is 11.3. The molecular formula is C16H17NO. The Hall–Kier alpha value is -1.80. The third kappa shape index (κ3) is 2.12. The molecule has 92 valence electrons. The third-order valence-corrected chi connectivity index (χ3v) is 3.51. The fourth-order valence-electron chi connectivity index (χ4n) is 2.59. The van der Waals surface area contributed by atoms with E-state index < -0.39 is 6.10 Å². The van der Waals surface area contributed by atoms with Gasteiger partial charge in [0.1, 0.15) is 0 Å². The van der Waals surface area contributed by atoms with E-state index in [1.807, 2.05) is 30.3 Å². The second kappa shape index (κ2) is 4.83. The van der Waals surface area contributed by atoms with E-state index in [0.717, 1.165) is 24.2 Å². The quantitative estimate of drug-likeness (QED) is 0.863. The van der Waals surface area contributed by atoms with Gasteiger partial charge in [-0.1, -0.05) is 48.5 Å². The van der Waals surface area contributed by atoms with Crippen molar-refractivity contribution in [3.05, 3.63) is 65.2 Å². The van der Waals surface area contributed by atoms with Crippen LogP contribution in [0, 0.1) is 0 Å². The molecular weight excluding hydrogens is 222 g/mol. The first-order valence-electron chi connectivity index (χ1n) is 6.42. The lowest BCUT2D eigenvalue weighted by Gasteiger charge is -2.15. The summed E-state index contributed by atoms with van der Waals surface area (Å²) in [7, 11) is 0. The van der Waals surface area contributed by atoms with E-state index in [9.17, 15) is 5.11 Å². The SMILES string of the molecule is OC(Cc1ccccc1)c1cccc2c1NCC2. The number of aliphatic hydroxyl groups excluding tert-OH is 1. The van der Waals surface area contributed by atoms with E-state index in [4.69, 9.17) is 0 Å². The predicted molar refractivity (Wildman–Crippen MR) is 73.7 cm³/mol. The van der Waals surface area contributed by atoms with Crippen LogP contribution in [0.4, 0.5) is 5.69 Å². The number of anilines is 1. The zero-order valence-electron chi connectivity index (χ0n) is 10.3. The molecule has 0 spiro atoms. The van der Waals surface area contributed by atoms with Crippen LogP contribution < -0.4 is 5.32 Å². The lowest BCUT2D eigenvalue weighted by Crippen LogP contribution is -2.05. The molecule has 3 rings (SSSR count). The van der Waals surface area contributed by atoms with Crippen LogP contribution in [0.1, 0.15) is 22.8 Å². The smallest absolute Gasteiger partial charge is 0.0850 e. The number of benzene rings is 2. The summed E-state index contributed by atoms with van der Waals surface area (Å²) in [6, 6.07) is 16.3. The third-order valence-electron chi connectivity index (χ3n) is 3.51. The van der Waals surface area contributed by atoms with Gasteiger partial charge in [-0.3, -0.25) is 0 Å². The van der Waals surface area contributed by atoms with Gasteiger partial charge in [0.15, 0.2) is 0 Å². The molecule has 2 N–H and O–H groups in total. The van der Waals surface area contributed by atoms with Crippen molar-refractivity contribution in [2.45, 2.75) is 18.9 Å². The Morgan fingerprint density at radius 1 is 1.06 bits per heavy atom. The highest BCUT2D eigenvalue weighted by atomic mass is 16.3. The Morgan fingerprint density at radius 3 is 2.72 bits per heavy atom. The molecule has 2 heteroatoms. The maximum Gasteiger partial charge on any atom is 0.0850 e. The molecule has 0 bridgehead atoms. The fraction of sp³-hybridized carbons (Fsp3) is 0.250. The Balaban J connectivity index is 1.85. The van der Waals surface area contributed by atoms with Crippen LogP contribution in [0.3, 0.4) is 0 Å². The molecule has 0 amide bonds. The minimum absolute atomic E-state index is 0.437. The highest BCUT2D eigenvalue weighted by Crippen LogP contribution is 2.32. The average molecular weight is 239 g/mol. The minimum Gasteiger partial charge on any atom is -0.388 e. The number of hydrogen-bond donors (Lipinski definition) is 2. The molecule has 1 aliphatic heterocycles. The predicted octanol–water partition coefficient (Wildman–Crippen LogP) is 2.93. The van der Waals surface area contributed by atoms with Gasteiger partial charge < -0.3 is 10.4 Å². The second-order valence-corrected chi connectivity index (χ2v) is 4.76. The number of nitrogens with one attached hydrogen (secondary N) is 1. The molecule has 1 unspecified atom stereocenters. The molecule has 18 heavy (non-hydrogen) atoms. The summed E-state index contributed by atoms with van der Waals surface area (Å²) >= 11 is 0. The van der Waals surface area contributed by atoms with E-state index in [1.165, 1.54) is 11.1 Å². The summed E-state index contributed by atoms with van der Waals surface area (Å²) in [6.07, 6.45) is 1.29. The van der Waals surface area contributed by atoms with Crippen molar-refractivity contribution >= 4 is 5.69 Å². The molecule has 2 aromatic rings. The summed E-state index contributed by atoms with van der Waals surface area (Å²) in [5.41, 5.74) is 4.65. The Labute approximate surface area is 107 Å². The standard InChI is InChI=1S/C16H17NO/c18-15(11-12-5-2-1-3-6-12)14-8-4-7-13-9-10-17-16(13)14/h1-8,15,17-18H,9-11H2. The molecule has 0 fully saturated rings. The molecule has 0 saturated heterocycles. The van der Waals surface area contributed by atoms with E-state index in [0.29, 0.717) is 6.42 Å². The van der Waals surface area contributed by atoms with E-state index in [-0.39, 0.29) is 0 Å². The van der Waals surface area contributed by atoms with Crippen LogP contribution in [-0.2, 0) is 12.8 Å². The maximum atomic E-state index is 10.4. The van der Waals surface area contributed by atoms with Crippen molar-refractivity contribution in [2.24, 2.45) is 0 Å². The van der Waals surface area contributed by atoms with Crippen molar-refractivity contribution < 1.29 is 5.11 Å². The molecule has 0 saturated carbocycles. The van der Waals surface area contributed by atoms with Crippen LogP contribution in [0.5, 0.6) is 0 Å². The van der Waals surface area contributed by atoms with Crippen molar-refractivity contribution in [3.63, 3.8) is 0 Å². The minimum atomic E-state index is -0.437. The monoisotopic (exact) mass is 239 g/mol. The summed E-state index contributed by atoms with van der Waals surface area (Å²) in [6.45, 7) is 0.977. The van der Waals surface area contributed by atoms with Crippen molar-refractivity contribution in [1.82, 2.24) is 0 Å². The highest BCUT2D eigenvalue weighted by Gasteiger charge is 2.18. The number of hydrogen-bond acceptors (Lipinski definition) is 2. The molecule has 1 aliphatic rings. The summed E-state index contributed by atoms with van der Waals surface area (Å²) in [5, 5.41) is 13.8. The molecule has 2 aromatic carbocycles. The van der Waals surface area contributed by atoms with Gasteiger partial charge in [0.05, 0.1) is 6.10 Å². The lowest BCUT2D eigenvalue weighted by atomic mass is 9.98. The van der Waals surface area contributed by atoms with Crippen molar-refractivity contribution in [3.8, 4) is 0 Å². The highest BCUT2D eigenvalue weighted by molar-refractivity contribution is 5.62. The average Bonchev–Trinajstić information content (AvgIpc) is 2.87. The molecule has 0 aliphatic carbocycles. The fourth-order valence-corrected chi connectivity index (χ4v) is 2.59. The maximum absolute atomic E-state index is 10.4. The molecule has 1 atom stereocenters. The van der Waals surface area contributed by atoms with Gasteiger partial charge in [-0.2, -0.15) is 0 Å². The summed E-state index contributed by atoms with van der Waals surface area (Å²) in [5.74, 6) is 0. The largest absolute Gasteiger partial charge is 0.388 e. The van der Waals surface area contributed by atoms with Crippen LogP contribution in [0.15, 0.2) is 48.5 Å². The summed E-state index contributed by atoms with van der Waals surface area (Å²) in [4.78, 5) is 0. The Morgan fingerprint density at radius 2 is 1.89 bits per heavy atom. The van der Waals surface area contributed by atoms with Gasteiger partial charge in [0.2, 0.25) is 0 Å². The van der Waals surface area contributed by atoms with Crippen LogP contribution in [-0.4, -0.2) is 11.7 Å². The topological polar surface area (TPSA) is 32.3 Å². The lowest BCUT2D eigenvalue weighted by molar-refractivity contribution is 0.179. The van der Waals surface area contributed by atoms with Gasteiger partial charge >= 0.3 is 0 Å². The Kier molecular flexibility index (Phi) is 3.03. The Bertz CT molecular complexity index is 536. The normalized spacial score (nSPS) is 14.9. The molecule has 0 aromatic heterocycles. The zero-order valence-corrected chi connectivity index (χ0v) is 10.3. The second-order valence-electron chi connectivity index (χ2n) is 4.76. The number of rotatable bonds is 3. The first-order valence-corrected chi connectivity index (χ1v) is 6.42. The van der Waals surface area contributed by atoms with Gasteiger partial charge in [-0.15, -0.1) is 0 Å². The van der Waals surface area contributed by atoms with Crippen molar-refractivity contribution in [2.75, 3.05) is 11.9 Å². The summed E-state index contributed by atoms with van der Waals surface area (Å²) < 4.78 is 0. The van der Waals surface area contributed by atoms with Gasteiger partial charge in [-0.05, 0) is 17.5 Å². The number of fused-ring (bicyclic) bond motifs is 1.